The van der Waals surface area contributed by atoms with Crippen LogP contribution in [0.1, 0.15) is 63.7 Å². The van der Waals surface area contributed by atoms with Gasteiger partial charge in [0.1, 0.15) is 17.4 Å². The molecule has 4 unspecified atom stereocenters. The average molecular weight is 573 g/mol. The Hall–Kier alpha value is -2.94. The zero-order valence-electron chi connectivity index (χ0n) is 23.5. The van der Waals surface area contributed by atoms with Gasteiger partial charge in [-0.05, 0) is 81.8 Å². The molecule has 4 atom stereocenters. The van der Waals surface area contributed by atoms with Gasteiger partial charge in [-0.1, -0.05) is 35.9 Å². The number of allylic oxidation sites excluding steroid dienone is 1. The molecular weight excluding hydrogens is 535 g/mol. The number of aliphatic hydroxyl groups excluding tert-OH is 1. The second kappa shape index (κ2) is 12.7. The molecule has 2 aliphatic heterocycles. The summed E-state index contributed by atoms with van der Waals surface area (Å²) in [6.45, 7) is 8.87. The molecule has 0 aliphatic carbocycles. The van der Waals surface area contributed by atoms with Crippen molar-refractivity contribution < 1.29 is 28.6 Å². The van der Waals surface area contributed by atoms with Gasteiger partial charge < -0.3 is 19.9 Å². The fraction of sp³-hybridized carbons (Fsp3) is 0.484. The molecule has 216 valence electrons. The maximum absolute atomic E-state index is 13.8. The first-order valence-corrected chi connectivity index (χ1v) is 14.2. The second-order valence-electron chi connectivity index (χ2n) is 10.6. The summed E-state index contributed by atoms with van der Waals surface area (Å²) >= 11 is 6.38. The van der Waals surface area contributed by atoms with Crippen LogP contribution in [0.2, 0.25) is 5.02 Å². The number of carbonyl (C=O) groups is 2. The first kappa shape index (κ1) is 30.0. The number of aliphatic hydroxyl groups is 1. The molecule has 7 nitrogen and oxygen atoms in total. The van der Waals surface area contributed by atoms with E-state index >= 15 is 0 Å². The van der Waals surface area contributed by atoms with Gasteiger partial charge in [-0.25, -0.2) is 9.18 Å². The van der Waals surface area contributed by atoms with Crippen LogP contribution in [0.15, 0.2) is 59.8 Å². The molecule has 2 aromatic rings. The van der Waals surface area contributed by atoms with Crippen molar-refractivity contribution in [3.05, 3.63) is 81.8 Å². The molecule has 0 saturated carbocycles. The van der Waals surface area contributed by atoms with Gasteiger partial charge in [0.15, 0.2) is 0 Å². The SMILES string of the molecule is CCOC(=O)C1=C(C)NC(C)(N2CCC(C(O)c3ccc(F)cc3)CC2)C(C(=O)OCC)C1c1cccc(Cl)c1. The van der Waals surface area contributed by atoms with E-state index < -0.39 is 35.5 Å². The maximum atomic E-state index is 13.8. The predicted octanol–water partition coefficient (Wildman–Crippen LogP) is 5.34. The van der Waals surface area contributed by atoms with E-state index in [1.165, 1.54) is 12.1 Å². The van der Waals surface area contributed by atoms with Crippen LogP contribution in [0.25, 0.3) is 0 Å². The third kappa shape index (κ3) is 6.04. The fourth-order valence-electron chi connectivity index (χ4n) is 6.28. The van der Waals surface area contributed by atoms with E-state index in [0.717, 1.165) is 5.56 Å². The quantitative estimate of drug-likeness (QED) is 0.413. The number of nitrogens with zero attached hydrogens (tertiary/aromatic N) is 1. The van der Waals surface area contributed by atoms with Gasteiger partial charge in [-0.15, -0.1) is 0 Å². The van der Waals surface area contributed by atoms with Crippen molar-refractivity contribution >= 4 is 23.5 Å². The summed E-state index contributed by atoms with van der Waals surface area (Å²) in [5.74, 6) is -2.74. The van der Waals surface area contributed by atoms with E-state index in [1.54, 1.807) is 44.2 Å². The largest absolute Gasteiger partial charge is 0.466 e. The van der Waals surface area contributed by atoms with E-state index in [2.05, 4.69) is 10.2 Å². The van der Waals surface area contributed by atoms with Crippen LogP contribution in [0.4, 0.5) is 4.39 Å². The number of hydrogen-bond donors (Lipinski definition) is 2. The molecule has 1 saturated heterocycles. The van der Waals surface area contributed by atoms with Crippen molar-refractivity contribution in [2.24, 2.45) is 11.8 Å². The molecule has 0 amide bonds. The Kier molecular flexibility index (Phi) is 9.54. The van der Waals surface area contributed by atoms with Crippen LogP contribution in [0.3, 0.4) is 0 Å². The van der Waals surface area contributed by atoms with Crippen molar-refractivity contribution in [2.45, 2.75) is 58.2 Å². The van der Waals surface area contributed by atoms with Crippen molar-refractivity contribution in [1.29, 1.82) is 0 Å². The van der Waals surface area contributed by atoms with E-state index in [9.17, 15) is 19.1 Å². The fourth-order valence-corrected chi connectivity index (χ4v) is 6.48. The highest BCUT2D eigenvalue weighted by Gasteiger charge is 2.55. The first-order chi connectivity index (χ1) is 19.1. The molecule has 2 aliphatic rings. The van der Waals surface area contributed by atoms with Crippen LogP contribution in [-0.2, 0) is 19.1 Å². The van der Waals surface area contributed by atoms with Gasteiger partial charge in [0.2, 0.25) is 0 Å². The van der Waals surface area contributed by atoms with Crippen molar-refractivity contribution in [3.63, 3.8) is 0 Å². The van der Waals surface area contributed by atoms with Crippen LogP contribution in [0, 0.1) is 17.7 Å². The van der Waals surface area contributed by atoms with Gasteiger partial charge in [-0.3, -0.25) is 9.69 Å². The minimum atomic E-state index is -0.912. The van der Waals surface area contributed by atoms with E-state index in [1.807, 2.05) is 19.9 Å². The highest BCUT2D eigenvalue weighted by molar-refractivity contribution is 6.30. The highest BCUT2D eigenvalue weighted by atomic mass is 35.5. The van der Waals surface area contributed by atoms with E-state index in [0.29, 0.717) is 47.8 Å². The first-order valence-electron chi connectivity index (χ1n) is 13.9. The number of ether oxygens (including phenoxy) is 2. The molecule has 40 heavy (non-hydrogen) atoms. The highest BCUT2D eigenvalue weighted by Crippen LogP contribution is 2.47. The Morgan fingerprint density at radius 3 is 2.38 bits per heavy atom. The van der Waals surface area contributed by atoms with Gasteiger partial charge in [0, 0.05) is 29.7 Å². The zero-order valence-corrected chi connectivity index (χ0v) is 24.2. The van der Waals surface area contributed by atoms with Gasteiger partial charge in [-0.2, -0.15) is 0 Å². The van der Waals surface area contributed by atoms with Crippen LogP contribution >= 0.6 is 11.6 Å². The Balaban J connectivity index is 1.71. The lowest BCUT2D eigenvalue weighted by atomic mass is 9.69. The number of piperidine rings is 1. The molecule has 0 aromatic heterocycles. The third-order valence-corrected chi connectivity index (χ3v) is 8.43. The van der Waals surface area contributed by atoms with Gasteiger partial charge >= 0.3 is 11.9 Å². The number of rotatable bonds is 8. The number of likely N-dealkylation sites (tertiary alicyclic amines) is 1. The summed E-state index contributed by atoms with van der Waals surface area (Å²) in [6, 6.07) is 13.2. The molecule has 9 heteroatoms. The number of esters is 2. The molecule has 0 radical (unpaired) electrons. The van der Waals surface area contributed by atoms with Crippen LogP contribution in [-0.4, -0.2) is 53.9 Å². The number of nitrogens with one attached hydrogen (secondary N) is 1. The zero-order chi connectivity index (χ0) is 29.0. The van der Waals surface area contributed by atoms with Gasteiger partial charge in [0.05, 0.1) is 24.9 Å². The third-order valence-electron chi connectivity index (χ3n) is 8.19. The minimum Gasteiger partial charge on any atom is -0.466 e. The molecular formula is C31H38ClFN2O5. The number of carbonyl (C=O) groups excluding carboxylic acids is 2. The molecule has 2 aromatic carbocycles. The summed E-state index contributed by atoms with van der Waals surface area (Å²) < 4.78 is 24.5. The Morgan fingerprint density at radius 2 is 1.77 bits per heavy atom. The molecule has 4 rings (SSSR count). The average Bonchev–Trinajstić information content (AvgIpc) is 2.93. The lowest BCUT2D eigenvalue weighted by Crippen LogP contribution is -2.68. The Bertz CT molecular complexity index is 1240. The minimum absolute atomic E-state index is 0.0228. The van der Waals surface area contributed by atoms with Crippen molar-refractivity contribution in [2.75, 3.05) is 26.3 Å². The summed E-state index contributed by atoms with van der Waals surface area (Å²) in [7, 11) is 0. The standard InChI is InChI=1S/C31H38ClFN2O5/c1-5-39-29(37)25-19(3)34-31(4,27(30(38)40-6-2)26(25)22-8-7-9-23(32)18-22)35-16-14-21(15-17-35)28(36)20-10-12-24(33)13-11-20/h7-13,18,21,26-28,34,36H,5-6,14-17H2,1-4H3. The number of benzene rings is 2. The summed E-state index contributed by atoms with van der Waals surface area (Å²) in [5.41, 5.74) is 1.50. The summed E-state index contributed by atoms with van der Waals surface area (Å²) in [6.07, 6.45) is 0.619. The lowest BCUT2D eigenvalue weighted by Gasteiger charge is -2.54. The monoisotopic (exact) mass is 572 g/mol. The smallest absolute Gasteiger partial charge is 0.336 e. The summed E-state index contributed by atoms with van der Waals surface area (Å²) in [5, 5.41) is 15.0. The molecule has 0 bridgehead atoms. The van der Waals surface area contributed by atoms with Crippen molar-refractivity contribution in [3.8, 4) is 0 Å². The van der Waals surface area contributed by atoms with E-state index in [4.69, 9.17) is 21.1 Å². The van der Waals surface area contributed by atoms with Crippen molar-refractivity contribution in [1.82, 2.24) is 10.2 Å². The number of hydrogen-bond acceptors (Lipinski definition) is 7. The normalized spacial score (nSPS) is 24.8. The molecule has 2 N–H and O–H groups in total. The lowest BCUT2D eigenvalue weighted by molar-refractivity contribution is -0.158. The van der Waals surface area contributed by atoms with Crippen LogP contribution in [0.5, 0.6) is 0 Å². The van der Waals surface area contributed by atoms with Crippen LogP contribution < -0.4 is 5.32 Å². The topological polar surface area (TPSA) is 88.1 Å². The number of halogens is 2. The van der Waals surface area contributed by atoms with E-state index in [-0.39, 0.29) is 24.9 Å². The Labute approximate surface area is 240 Å². The Morgan fingerprint density at radius 1 is 1.12 bits per heavy atom. The molecule has 0 spiro atoms. The summed E-state index contributed by atoms with van der Waals surface area (Å²) in [4.78, 5) is 29.3. The predicted molar refractivity (Wildman–Crippen MR) is 151 cm³/mol. The maximum Gasteiger partial charge on any atom is 0.336 e. The molecule has 1 fully saturated rings. The molecule has 2 heterocycles. The van der Waals surface area contributed by atoms with Gasteiger partial charge in [0.25, 0.3) is 0 Å². The second-order valence-corrected chi connectivity index (χ2v) is 11.1.